The fraction of sp³-hybridized carbons (Fsp3) is 0.579. The molecule has 6 nitrogen and oxygen atoms in total. The van der Waals surface area contributed by atoms with Crippen molar-refractivity contribution in [2.45, 2.75) is 19.4 Å². The summed E-state index contributed by atoms with van der Waals surface area (Å²) in [6, 6.07) is 7.98. The molecule has 1 amide bonds. The second-order valence-corrected chi connectivity index (χ2v) is 7.30. The number of amides is 1. The number of benzene rings is 1. The Labute approximate surface area is 165 Å². The van der Waals surface area contributed by atoms with Crippen LogP contribution in [-0.4, -0.2) is 74.6 Å². The average Bonchev–Trinajstić information content (AvgIpc) is 3.08. The quantitative estimate of drug-likeness (QED) is 0.717. The maximum atomic E-state index is 12.4. The van der Waals surface area contributed by atoms with Crippen LogP contribution >= 0.6 is 12.2 Å². The molecule has 0 aromatic heterocycles. The zero-order valence-corrected chi connectivity index (χ0v) is 16.5. The summed E-state index contributed by atoms with van der Waals surface area (Å²) in [5, 5.41) is 3.12. The number of rotatable bonds is 7. The number of hydrogen-bond donors (Lipinski definition) is 1. The van der Waals surface area contributed by atoms with E-state index in [1.54, 1.807) is 4.90 Å². The molecule has 0 radical (unpaired) electrons. The molecule has 0 aliphatic carbocycles. The smallest absolute Gasteiger partial charge is 0.414 e. The standard InChI is InChI=1S/C19H27FN4O2S/c1-2-18(27)21-13-17-14-24(19(25)26-17)16-5-3-15(4-6-16)23-11-9-22(8-7-20)10-12-23/h3-6,17H,2,7-14H2,1H3,(H,21,27). The normalized spacial score (nSPS) is 20.7. The van der Waals surface area contributed by atoms with E-state index in [0.29, 0.717) is 19.6 Å². The molecule has 0 saturated carbocycles. The number of nitrogens with zero attached hydrogens (tertiary/aromatic N) is 3. The fourth-order valence-corrected chi connectivity index (χ4v) is 3.47. The van der Waals surface area contributed by atoms with Gasteiger partial charge in [-0.1, -0.05) is 19.1 Å². The molecule has 0 spiro atoms. The summed E-state index contributed by atoms with van der Waals surface area (Å²) in [6.07, 6.45) is 0.255. The Bertz CT molecular complexity index is 650. The van der Waals surface area contributed by atoms with Crippen LogP contribution in [-0.2, 0) is 4.74 Å². The van der Waals surface area contributed by atoms with Crippen molar-refractivity contribution in [2.24, 2.45) is 0 Å². The molecule has 2 aliphatic rings. The van der Waals surface area contributed by atoms with Gasteiger partial charge in [0.15, 0.2) is 0 Å². The molecule has 1 aromatic rings. The molecule has 1 aromatic carbocycles. The number of piperazine rings is 1. The van der Waals surface area contributed by atoms with E-state index in [1.165, 1.54) is 0 Å². The Morgan fingerprint density at radius 3 is 2.52 bits per heavy atom. The van der Waals surface area contributed by atoms with Crippen molar-refractivity contribution in [3.8, 4) is 0 Å². The molecule has 148 valence electrons. The van der Waals surface area contributed by atoms with E-state index in [4.69, 9.17) is 17.0 Å². The zero-order valence-electron chi connectivity index (χ0n) is 15.7. The Morgan fingerprint density at radius 2 is 1.89 bits per heavy atom. The van der Waals surface area contributed by atoms with Gasteiger partial charge in [-0.05, 0) is 30.7 Å². The number of carbonyl (C=O) groups is 1. The van der Waals surface area contributed by atoms with Gasteiger partial charge in [0.05, 0.1) is 18.1 Å². The highest BCUT2D eigenvalue weighted by Crippen LogP contribution is 2.25. The van der Waals surface area contributed by atoms with Gasteiger partial charge in [0.2, 0.25) is 0 Å². The number of anilines is 2. The van der Waals surface area contributed by atoms with Gasteiger partial charge in [0.1, 0.15) is 12.8 Å². The van der Waals surface area contributed by atoms with Crippen molar-refractivity contribution < 1.29 is 13.9 Å². The molecule has 3 rings (SSSR count). The first-order valence-electron chi connectivity index (χ1n) is 9.49. The highest BCUT2D eigenvalue weighted by atomic mass is 32.1. The van der Waals surface area contributed by atoms with Crippen LogP contribution in [0, 0.1) is 0 Å². The van der Waals surface area contributed by atoms with E-state index in [1.807, 2.05) is 31.2 Å². The van der Waals surface area contributed by atoms with Crippen molar-refractivity contribution in [1.29, 1.82) is 0 Å². The highest BCUT2D eigenvalue weighted by molar-refractivity contribution is 7.80. The second-order valence-electron chi connectivity index (χ2n) is 6.81. The molecule has 2 fully saturated rings. The second kappa shape index (κ2) is 9.32. The summed E-state index contributed by atoms with van der Waals surface area (Å²) in [6.45, 7) is 6.79. The molecule has 1 unspecified atom stereocenters. The summed E-state index contributed by atoms with van der Waals surface area (Å²) in [5.74, 6) is 0. The molecule has 2 aliphatic heterocycles. The van der Waals surface area contributed by atoms with Crippen molar-refractivity contribution in [3.63, 3.8) is 0 Å². The number of ether oxygens (including phenoxy) is 1. The van der Waals surface area contributed by atoms with Crippen LogP contribution in [0.3, 0.4) is 0 Å². The summed E-state index contributed by atoms with van der Waals surface area (Å²) in [7, 11) is 0. The predicted octanol–water partition coefficient (Wildman–Crippen LogP) is 2.43. The Morgan fingerprint density at radius 1 is 1.22 bits per heavy atom. The summed E-state index contributed by atoms with van der Waals surface area (Å²) in [5.41, 5.74) is 1.96. The molecule has 0 bridgehead atoms. The minimum Gasteiger partial charge on any atom is -0.442 e. The van der Waals surface area contributed by atoms with Crippen LogP contribution in [0.15, 0.2) is 24.3 Å². The third kappa shape index (κ3) is 5.07. The number of carbonyl (C=O) groups excluding carboxylic acids is 1. The lowest BCUT2D eigenvalue weighted by atomic mass is 10.2. The van der Waals surface area contributed by atoms with Crippen molar-refractivity contribution >= 4 is 34.7 Å². The van der Waals surface area contributed by atoms with Crippen LogP contribution < -0.4 is 15.1 Å². The molecule has 1 N–H and O–H groups in total. The van der Waals surface area contributed by atoms with Crippen LogP contribution in [0.25, 0.3) is 0 Å². The third-order valence-electron chi connectivity index (χ3n) is 5.02. The maximum absolute atomic E-state index is 12.4. The zero-order chi connectivity index (χ0) is 19.2. The van der Waals surface area contributed by atoms with E-state index < -0.39 is 0 Å². The first-order valence-corrected chi connectivity index (χ1v) is 9.89. The number of halogens is 1. The van der Waals surface area contributed by atoms with Gasteiger partial charge < -0.3 is 15.0 Å². The lowest BCUT2D eigenvalue weighted by molar-refractivity contribution is 0.143. The Balaban J connectivity index is 1.54. The first kappa shape index (κ1) is 19.8. The molecule has 1 atom stereocenters. The summed E-state index contributed by atoms with van der Waals surface area (Å²) >= 11 is 5.15. The number of thiocarbonyl (C=S) groups is 1. The third-order valence-corrected chi connectivity index (χ3v) is 5.45. The van der Waals surface area contributed by atoms with Gasteiger partial charge in [-0.25, -0.2) is 9.18 Å². The van der Waals surface area contributed by atoms with E-state index in [2.05, 4.69) is 15.1 Å². The van der Waals surface area contributed by atoms with Crippen LogP contribution in [0.4, 0.5) is 20.6 Å². The lowest BCUT2D eigenvalue weighted by Gasteiger charge is -2.35. The number of cyclic esters (lactones) is 1. The molecule has 8 heteroatoms. The van der Waals surface area contributed by atoms with Crippen LogP contribution in [0.1, 0.15) is 13.3 Å². The maximum Gasteiger partial charge on any atom is 0.414 e. The van der Waals surface area contributed by atoms with E-state index in [-0.39, 0.29) is 18.9 Å². The van der Waals surface area contributed by atoms with Gasteiger partial charge in [0, 0.05) is 44.1 Å². The number of hydrogen-bond acceptors (Lipinski definition) is 5. The molecular formula is C19H27FN4O2S. The van der Waals surface area contributed by atoms with Crippen LogP contribution in [0.5, 0.6) is 0 Å². The van der Waals surface area contributed by atoms with Gasteiger partial charge in [-0.3, -0.25) is 9.80 Å². The Kier molecular flexibility index (Phi) is 6.84. The minimum atomic E-state index is -0.322. The van der Waals surface area contributed by atoms with Crippen molar-refractivity contribution in [2.75, 3.05) is 62.3 Å². The van der Waals surface area contributed by atoms with E-state index in [0.717, 1.165) is 49.0 Å². The van der Waals surface area contributed by atoms with Gasteiger partial charge in [0.25, 0.3) is 0 Å². The topological polar surface area (TPSA) is 48.0 Å². The lowest BCUT2D eigenvalue weighted by Crippen LogP contribution is -2.47. The minimum absolute atomic E-state index is 0.203. The van der Waals surface area contributed by atoms with E-state index >= 15 is 0 Å². The monoisotopic (exact) mass is 394 g/mol. The first-order chi connectivity index (χ1) is 13.1. The SMILES string of the molecule is CCC(=S)NCC1CN(c2ccc(N3CCN(CCF)CC3)cc2)C(=O)O1. The number of nitrogens with one attached hydrogen (secondary N) is 1. The van der Waals surface area contributed by atoms with Gasteiger partial charge in [-0.15, -0.1) is 0 Å². The largest absolute Gasteiger partial charge is 0.442 e. The average molecular weight is 395 g/mol. The van der Waals surface area contributed by atoms with Crippen molar-refractivity contribution in [3.05, 3.63) is 24.3 Å². The fourth-order valence-electron chi connectivity index (χ4n) is 3.38. The van der Waals surface area contributed by atoms with Gasteiger partial charge >= 0.3 is 6.09 Å². The van der Waals surface area contributed by atoms with Crippen molar-refractivity contribution in [1.82, 2.24) is 10.2 Å². The molecule has 2 saturated heterocycles. The Hall–Kier alpha value is -1.93. The van der Waals surface area contributed by atoms with E-state index in [9.17, 15) is 9.18 Å². The molecular weight excluding hydrogens is 367 g/mol. The van der Waals surface area contributed by atoms with Gasteiger partial charge in [-0.2, -0.15) is 0 Å². The molecule has 27 heavy (non-hydrogen) atoms. The number of alkyl halides is 1. The predicted molar refractivity (Wildman–Crippen MR) is 110 cm³/mol. The van der Waals surface area contributed by atoms with Crippen LogP contribution in [0.2, 0.25) is 0 Å². The summed E-state index contributed by atoms with van der Waals surface area (Å²) < 4.78 is 17.9. The molecule has 2 heterocycles. The highest BCUT2D eigenvalue weighted by Gasteiger charge is 2.32. The summed E-state index contributed by atoms with van der Waals surface area (Å²) in [4.78, 5) is 19.0.